The highest BCUT2D eigenvalue weighted by Crippen LogP contribution is 2.26. The van der Waals surface area contributed by atoms with Gasteiger partial charge in [-0.2, -0.15) is 0 Å². The number of rotatable bonds is 4. The lowest BCUT2D eigenvalue weighted by molar-refractivity contribution is -0.155. The van der Waals surface area contributed by atoms with Crippen LogP contribution < -0.4 is 5.73 Å². The zero-order chi connectivity index (χ0) is 11.3. The van der Waals surface area contributed by atoms with E-state index in [1.807, 2.05) is 6.92 Å². The van der Waals surface area contributed by atoms with E-state index >= 15 is 0 Å². The molecule has 0 saturated heterocycles. The SMILES string of the molecule is CC1CCC(OC(=O)C(C)CCN)CC1. The second-order valence-electron chi connectivity index (χ2n) is 4.80. The van der Waals surface area contributed by atoms with Crippen LogP contribution in [0.15, 0.2) is 0 Å². The monoisotopic (exact) mass is 213 g/mol. The van der Waals surface area contributed by atoms with Crippen molar-refractivity contribution < 1.29 is 9.53 Å². The lowest BCUT2D eigenvalue weighted by Gasteiger charge is -2.27. The van der Waals surface area contributed by atoms with Crippen molar-refractivity contribution in [1.82, 2.24) is 0 Å². The maximum absolute atomic E-state index is 11.6. The molecule has 1 rings (SSSR count). The van der Waals surface area contributed by atoms with Crippen LogP contribution in [-0.4, -0.2) is 18.6 Å². The molecule has 15 heavy (non-hydrogen) atoms. The molecule has 1 unspecified atom stereocenters. The molecule has 1 aliphatic carbocycles. The molecule has 1 saturated carbocycles. The average molecular weight is 213 g/mol. The van der Waals surface area contributed by atoms with E-state index < -0.39 is 0 Å². The van der Waals surface area contributed by atoms with Crippen molar-refractivity contribution in [3.8, 4) is 0 Å². The van der Waals surface area contributed by atoms with Crippen LogP contribution in [0.4, 0.5) is 0 Å². The molecule has 0 aliphatic heterocycles. The molecule has 0 bridgehead atoms. The van der Waals surface area contributed by atoms with Crippen LogP contribution in [0.1, 0.15) is 46.0 Å². The molecule has 0 amide bonds. The van der Waals surface area contributed by atoms with Gasteiger partial charge in [-0.25, -0.2) is 0 Å². The van der Waals surface area contributed by atoms with Crippen LogP contribution in [0.25, 0.3) is 0 Å². The number of carbonyl (C=O) groups excluding carboxylic acids is 1. The standard InChI is InChI=1S/C12H23NO2/c1-9-3-5-11(6-4-9)15-12(14)10(2)7-8-13/h9-11H,3-8,13H2,1-2H3. The fraction of sp³-hybridized carbons (Fsp3) is 0.917. The zero-order valence-corrected chi connectivity index (χ0v) is 9.87. The fourth-order valence-corrected chi connectivity index (χ4v) is 2.00. The summed E-state index contributed by atoms with van der Waals surface area (Å²) in [7, 11) is 0. The summed E-state index contributed by atoms with van der Waals surface area (Å²) in [4.78, 5) is 11.6. The number of carbonyl (C=O) groups is 1. The van der Waals surface area contributed by atoms with Gasteiger partial charge in [-0.15, -0.1) is 0 Å². The Morgan fingerprint density at radius 1 is 1.40 bits per heavy atom. The Morgan fingerprint density at radius 3 is 2.53 bits per heavy atom. The molecule has 1 aliphatic rings. The third kappa shape index (κ3) is 4.20. The number of ether oxygens (including phenoxy) is 1. The Hall–Kier alpha value is -0.570. The highest BCUT2D eigenvalue weighted by molar-refractivity contribution is 5.72. The Labute approximate surface area is 92.4 Å². The van der Waals surface area contributed by atoms with E-state index in [2.05, 4.69) is 6.92 Å². The molecule has 88 valence electrons. The van der Waals surface area contributed by atoms with E-state index in [0.717, 1.165) is 25.2 Å². The molecule has 0 aromatic carbocycles. The van der Waals surface area contributed by atoms with E-state index in [0.29, 0.717) is 6.54 Å². The van der Waals surface area contributed by atoms with Crippen LogP contribution in [0, 0.1) is 11.8 Å². The predicted octanol–water partition coefficient (Wildman–Crippen LogP) is 2.09. The van der Waals surface area contributed by atoms with Gasteiger partial charge >= 0.3 is 5.97 Å². The minimum Gasteiger partial charge on any atom is -0.462 e. The normalized spacial score (nSPS) is 28.5. The third-order valence-corrected chi connectivity index (χ3v) is 3.25. The van der Waals surface area contributed by atoms with Crippen LogP contribution in [0.5, 0.6) is 0 Å². The van der Waals surface area contributed by atoms with Gasteiger partial charge in [-0.1, -0.05) is 13.8 Å². The van der Waals surface area contributed by atoms with Crippen molar-refractivity contribution >= 4 is 5.97 Å². The quantitative estimate of drug-likeness (QED) is 0.727. The summed E-state index contributed by atoms with van der Waals surface area (Å²) in [5.74, 6) is 0.677. The maximum Gasteiger partial charge on any atom is 0.308 e. The Balaban J connectivity index is 2.25. The molecular weight excluding hydrogens is 190 g/mol. The van der Waals surface area contributed by atoms with Gasteiger partial charge in [0, 0.05) is 0 Å². The minimum absolute atomic E-state index is 0.0469. The largest absolute Gasteiger partial charge is 0.462 e. The summed E-state index contributed by atoms with van der Waals surface area (Å²) in [6.45, 7) is 4.70. The highest BCUT2D eigenvalue weighted by atomic mass is 16.5. The van der Waals surface area contributed by atoms with Gasteiger partial charge in [0.2, 0.25) is 0 Å². The summed E-state index contributed by atoms with van der Waals surface area (Å²) in [6.07, 6.45) is 5.31. The smallest absolute Gasteiger partial charge is 0.308 e. The van der Waals surface area contributed by atoms with E-state index in [4.69, 9.17) is 10.5 Å². The first-order chi connectivity index (χ1) is 7.13. The number of nitrogens with two attached hydrogens (primary N) is 1. The van der Waals surface area contributed by atoms with Gasteiger partial charge in [-0.3, -0.25) is 4.79 Å². The number of esters is 1. The van der Waals surface area contributed by atoms with Crippen molar-refractivity contribution in [2.24, 2.45) is 17.6 Å². The van der Waals surface area contributed by atoms with Gasteiger partial charge < -0.3 is 10.5 Å². The first-order valence-corrected chi connectivity index (χ1v) is 6.04. The molecule has 3 nitrogen and oxygen atoms in total. The van der Waals surface area contributed by atoms with E-state index in [-0.39, 0.29) is 18.0 Å². The Kier molecular flexibility index (Phi) is 5.09. The average Bonchev–Trinajstić information content (AvgIpc) is 2.22. The molecule has 0 spiro atoms. The van der Waals surface area contributed by atoms with Crippen LogP contribution in [-0.2, 0) is 9.53 Å². The van der Waals surface area contributed by atoms with Crippen molar-refractivity contribution in [1.29, 1.82) is 0 Å². The van der Waals surface area contributed by atoms with E-state index in [1.54, 1.807) is 0 Å². The van der Waals surface area contributed by atoms with Gasteiger partial charge in [-0.05, 0) is 44.6 Å². The van der Waals surface area contributed by atoms with Crippen LogP contribution in [0.2, 0.25) is 0 Å². The molecule has 0 aromatic heterocycles. The second kappa shape index (κ2) is 6.11. The van der Waals surface area contributed by atoms with E-state index in [1.165, 1.54) is 12.8 Å². The minimum atomic E-state index is -0.0694. The molecule has 0 heterocycles. The van der Waals surface area contributed by atoms with Gasteiger partial charge in [0.15, 0.2) is 0 Å². The summed E-state index contributed by atoms with van der Waals surface area (Å²) < 4.78 is 5.46. The lowest BCUT2D eigenvalue weighted by Crippen LogP contribution is -2.27. The first kappa shape index (κ1) is 12.5. The van der Waals surface area contributed by atoms with Crippen molar-refractivity contribution in [3.63, 3.8) is 0 Å². The molecule has 3 heteroatoms. The fourth-order valence-electron chi connectivity index (χ4n) is 2.00. The molecule has 1 atom stereocenters. The molecule has 0 aromatic rings. The van der Waals surface area contributed by atoms with Crippen molar-refractivity contribution in [3.05, 3.63) is 0 Å². The molecular formula is C12H23NO2. The van der Waals surface area contributed by atoms with Crippen LogP contribution in [0.3, 0.4) is 0 Å². The lowest BCUT2D eigenvalue weighted by atomic mass is 9.89. The summed E-state index contributed by atoms with van der Waals surface area (Å²) >= 11 is 0. The van der Waals surface area contributed by atoms with Crippen LogP contribution >= 0.6 is 0 Å². The Bertz CT molecular complexity index is 198. The van der Waals surface area contributed by atoms with E-state index in [9.17, 15) is 4.79 Å². The molecule has 2 N–H and O–H groups in total. The highest BCUT2D eigenvalue weighted by Gasteiger charge is 2.23. The number of hydrogen-bond donors (Lipinski definition) is 1. The maximum atomic E-state index is 11.6. The summed E-state index contributed by atoms with van der Waals surface area (Å²) in [6, 6.07) is 0. The Morgan fingerprint density at radius 2 is 2.00 bits per heavy atom. The summed E-state index contributed by atoms with van der Waals surface area (Å²) in [5.41, 5.74) is 5.41. The molecule has 1 fully saturated rings. The van der Waals surface area contributed by atoms with Crippen molar-refractivity contribution in [2.45, 2.75) is 52.1 Å². The zero-order valence-electron chi connectivity index (χ0n) is 9.87. The van der Waals surface area contributed by atoms with Crippen molar-refractivity contribution in [2.75, 3.05) is 6.54 Å². The van der Waals surface area contributed by atoms with Gasteiger partial charge in [0.1, 0.15) is 6.10 Å². The van der Waals surface area contributed by atoms with Gasteiger partial charge in [0.05, 0.1) is 5.92 Å². The third-order valence-electron chi connectivity index (χ3n) is 3.25. The molecule has 0 radical (unpaired) electrons. The number of hydrogen-bond acceptors (Lipinski definition) is 3. The topological polar surface area (TPSA) is 52.3 Å². The first-order valence-electron chi connectivity index (χ1n) is 6.04. The van der Waals surface area contributed by atoms with Gasteiger partial charge in [0.25, 0.3) is 0 Å². The summed E-state index contributed by atoms with van der Waals surface area (Å²) in [5, 5.41) is 0. The predicted molar refractivity (Wildman–Crippen MR) is 60.3 cm³/mol. The second-order valence-corrected chi connectivity index (χ2v) is 4.80.